The number of pyridine rings is 1. The van der Waals surface area contributed by atoms with Crippen LogP contribution in [0.5, 0.6) is 0 Å². The van der Waals surface area contributed by atoms with Crippen LogP contribution >= 0.6 is 31.9 Å². The molecule has 2 rings (SSSR count). The largest absolute Gasteiger partial charge is 0.444 e. The molecule has 0 aliphatic heterocycles. The summed E-state index contributed by atoms with van der Waals surface area (Å²) in [5.74, 6) is 0. The average molecular weight is 471 g/mol. The Hall–Kier alpha value is -1.60. The number of aromatic nitrogens is 1. The number of hydrogen-bond acceptors (Lipinski definition) is 4. The van der Waals surface area contributed by atoms with Crippen molar-refractivity contribution in [2.45, 2.75) is 38.8 Å². The number of halogens is 2. The molecule has 1 heterocycles. The van der Waals surface area contributed by atoms with Crippen LogP contribution in [0.15, 0.2) is 45.5 Å². The molecule has 2 aromatic rings. The Morgan fingerprint density at radius 3 is 2.52 bits per heavy atom. The summed E-state index contributed by atoms with van der Waals surface area (Å²) in [5, 5.41) is 2.91. The van der Waals surface area contributed by atoms with Crippen molar-refractivity contribution in [2.75, 3.05) is 5.73 Å². The van der Waals surface area contributed by atoms with Gasteiger partial charge < -0.3 is 15.8 Å². The number of nitrogens with zero attached hydrogens (tertiary/aromatic N) is 1. The summed E-state index contributed by atoms with van der Waals surface area (Å²) in [7, 11) is 0. The van der Waals surface area contributed by atoms with Crippen LogP contribution in [-0.2, 0) is 11.2 Å². The highest BCUT2D eigenvalue weighted by molar-refractivity contribution is 9.11. The molecule has 3 N–H and O–H groups in total. The molecule has 0 unspecified atom stereocenters. The van der Waals surface area contributed by atoms with Crippen LogP contribution in [0.2, 0.25) is 0 Å². The van der Waals surface area contributed by atoms with E-state index in [1.807, 2.05) is 51.1 Å². The van der Waals surface area contributed by atoms with Gasteiger partial charge in [0.2, 0.25) is 0 Å². The summed E-state index contributed by atoms with van der Waals surface area (Å²) in [6.07, 6.45) is 0.0808. The second-order valence-corrected chi connectivity index (χ2v) is 8.23. The first-order valence-electron chi connectivity index (χ1n) is 7.80. The quantitative estimate of drug-likeness (QED) is 0.616. The number of nitrogens with two attached hydrogens (primary N) is 1. The fourth-order valence-electron chi connectivity index (χ4n) is 2.25. The van der Waals surface area contributed by atoms with E-state index >= 15 is 0 Å². The number of rotatable bonds is 4. The zero-order valence-electron chi connectivity index (χ0n) is 14.3. The lowest BCUT2D eigenvalue weighted by atomic mass is 10.0. The lowest BCUT2D eigenvalue weighted by molar-refractivity contribution is 0.0502. The maximum Gasteiger partial charge on any atom is 0.408 e. The minimum Gasteiger partial charge on any atom is -0.444 e. The molecule has 0 spiro atoms. The van der Waals surface area contributed by atoms with Gasteiger partial charge >= 0.3 is 6.09 Å². The van der Waals surface area contributed by atoms with E-state index in [9.17, 15) is 4.79 Å². The van der Waals surface area contributed by atoms with Crippen LogP contribution in [-0.4, -0.2) is 16.7 Å². The monoisotopic (exact) mass is 469 g/mol. The molecule has 0 aliphatic carbocycles. The van der Waals surface area contributed by atoms with Gasteiger partial charge in [-0.3, -0.25) is 0 Å². The summed E-state index contributed by atoms with van der Waals surface area (Å²) in [6.45, 7) is 5.48. The van der Waals surface area contributed by atoms with E-state index in [1.165, 1.54) is 0 Å². The third-order valence-electron chi connectivity index (χ3n) is 3.29. The van der Waals surface area contributed by atoms with Crippen molar-refractivity contribution >= 4 is 43.6 Å². The first-order chi connectivity index (χ1) is 11.7. The van der Waals surface area contributed by atoms with E-state index < -0.39 is 11.7 Å². The molecule has 1 aromatic heterocycles. The van der Waals surface area contributed by atoms with Gasteiger partial charge in [0.25, 0.3) is 0 Å². The average Bonchev–Trinajstić information content (AvgIpc) is 2.49. The second-order valence-electron chi connectivity index (χ2n) is 6.62. The Bertz CT molecular complexity index is 746. The molecule has 5 nitrogen and oxygen atoms in total. The van der Waals surface area contributed by atoms with E-state index in [0.717, 1.165) is 10.0 Å². The fourth-order valence-corrected chi connectivity index (χ4v) is 3.17. The normalized spacial score (nSPS) is 12.5. The minimum atomic E-state index is -0.576. The lowest BCUT2D eigenvalue weighted by Crippen LogP contribution is -2.36. The maximum absolute atomic E-state index is 12.3. The third kappa shape index (κ3) is 6.01. The van der Waals surface area contributed by atoms with E-state index in [1.54, 1.807) is 6.07 Å². The summed E-state index contributed by atoms with van der Waals surface area (Å²) in [4.78, 5) is 16.8. The molecule has 134 valence electrons. The van der Waals surface area contributed by atoms with Crippen LogP contribution in [0.4, 0.5) is 10.5 Å². The summed E-state index contributed by atoms with van der Waals surface area (Å²) in [5.41, 5.74) is 7.57. The molecule has 1 aromatic carbocycles. The van der Waals surface area contributed by atoms with Crippen molar-refractivity contribution in [1.29, 1.82) is 0 Å². The summed E-state index contributed by atoms with van der Waals surface area (Å²) in [6, 6.07) is 11.3. The maximum atomic E-state index is 12.3. The van der Waals surface area contributed by atoms with Crippen molar-refractivity contribution in [1.82, 2.24) is 10.3 Å². The smallest absolute Gasteiger partial charge is 0.408 e. The van der Waals surface area contributed by atoms with Gasteiger partial charge in [0, 0.05) is 4.47 Å². The van der Waals surface area contributed by atoms with Crippen LogP contribution in [0.3, 0.4) is 0 Å². The Morgan fingerprint density at radius 1 is 1.28 bits per heavy atom. The molecular formula is C18H21Br2N3O2. The molecule has 0 fully saturated rings. The molecule has 0 saturated heterocycles. The zero-order valence-corrected chi connectivity index (χ0v) is 17.5. The van der Waals surface area contributed by atoms with Gasteiger partial charge in [-0.25, -0.2) is 9.78 Å². The Labute approximate surface area is 164 Å². The molecule has 0 saturated carbocycles. The van der Waals surface area contributed by atoms with Gasteiger partial charge in [-0.1, -0.05) is 30.3 Å². The van der Waals surface area contributed by atoms with Gasteiger partial charge in [0.1, 0.15) is 10.2 Å². The van der Waals surface area contributed by atoms with E-state index in [4.69, 9.17) is 10.5 Å². The molecule has 0 bridgehead atoms. The van der Waals surface area contributed by atoms with E-state index in [-0.39, 0.29) is 6.04 Å². The highest BCUT2D eigenvalue weighted by Gasteiger charge is 2.24. The Morgan fingerprint density at radius 2 is 1.92 bits per heavy atom. The van der Waals surface area contributed by atoms with Crippen molar-refractivity contribution in [2.24, 2.45) is 0 Å². The topological polar surface area (TPSA) is 77.2 Å². The van der Waals surface area contributed by atoms with E-state index in [0.29, 0.717) is 22.4 Å². The number of amides is 1. The number of benzene rings is 1. The van der Waals surface area contributed by atoms with Crippen molar-refractivity contribution in [3.8, 4) is 0 Å². The Balaban J connectivity index is 2.32. The van der Waals surface area contributed by atoms with Gasteiger partial charge in [-0.15, -0.1) is 0 Å². The summed E-state index contributed by atoms with van der Waals surface area (Å²) >= 11 is 6.84. The standard InChI is InChI=1S/C18H21Br2N3O2/c1-18(2,3)25-17(24)22-14(9-11-7-5-4-6-8-11)15-12(19)10-13(21)16(20)23-15/h4-8,10,14H,9,21H2,1-3H3,(H,22,24)/t14-/m0/s1. The molecule has 0 radical (unpaired) electrons. The second kappa shape index (κ2) is 8.19. The van der Waals surface area contributed by atoms with Crippen LogP contribution in [0, 0.1) is 0 Å². The number of carbonyl (C=O) groups excluding carboxylic acids is 1. The molecular weight excluding hydrogens is 450 g/mol. The number of alkyl carbamates (subject to hydrolysis) is 1. The number of nitrogen functional groups attached to an aromatic ring is 1. The fraction of sp³-hybridized carbons (Fsp3) is 0.333. The third-order valence-corrected chi connectivity index (χ3v) is 4.56. The molecule has 25 heavy (non-hydrogen) atoms. The molecule has 0 aliphatic rings. The van der Waals surface area contributed by atoms with Crippen molar-refractivity contribution in [3.05, 3.63) is 56.7 Å². The van der Waals surface area contributed by atoms with Crippen molar-refractivity contribution < 1.29 is 9.53 Å². The van der Waals surface area contributed by atoms with Crippen LogP contribution in [0.25, 0.3) is 0 Å². The number of anilines is 1. The van der Waals surface area contributed by atoms with Crippen LogP contribution in [0.1, 0.15) is 38.1 Å². The lowest BCUT2D eigenvalue weighted by Gasteiger charge is -2.24. The van der Waals surface area contributed by atoms with E-state index in [2.05, 4.69) is 42.2 Å². The minimum absolute atomic E-state index is 0.372. The van der Waals surface area contributed by atoms with Crippen molar-refractivity contribution in [3.63, 3.8) is 0 Å². The number of nitrogens with one attached hydrogen (secondary N) is 1. The first kappa shape index (κ1) is 19.7. The number of carbonyl (C=O) groups is 1. The highest BCUT2D eigenvalue weighted by Crippen LogP contribution is 2.30. The van der Waals surface area contributed by atoms with Gasteiger partial charge in [-0.2, -0.15) is 0 Å². The predicted molar refractivity (Wildman–Crippen MR) is 106 cm³/mol. The number of hydrogen-bond donors (Lipinski definition) is 2. The number of ether oxygens (including phenoxy) is 1. The zero-order chi connectivity index (χ0) is 18.6. The van der Waals surface area contributed by atoms with Gasteiger partial charge in [0.15, 0.2) is 0 Å². The van der Waals surface area contributed by atoms with Gasteiger partial charge in [0.05, 0.1) is 17.4 Å². The summed E-state index contributed by atoms with van der Waals surface area (Å²) < 4.78 is 6.66. The van der Waals surface area contributed by atoms with Gasteiger partial charge in [-0.05, 0) is 70.7 Å². The highest BCUT2D eigenvalue weighted by atomic mass is 79.9. The SMILES string of the molecule is CC(C)(C)OC(=O)N[C@@H](Cc1ccccc1)c1nc(Br)c(N)cc1Br. The Kier molecular flexibility index (Phi) is 6.46. The molecule has 1 atom stereocenters. The molecule has 7 heteroatoms. The first-order valence-corrected chi connectivity index (χ1v) is 9.39. The van der Waals surface area contributed by atoms with Crippen LogP contribution < -0.4 is 11.1 Å². The molecule has 1 amide bonds. The predicted octanol–water partition coefficient (Wildman–Crippen LogP) is 5.00.